The van der Waals surface area contributed by atoms with Gasteiger partial charge in [-0.3, -0.25) is 14.9 Å². The fourth-order valence-electron chi connectivity index (χ4n) is 2.82. The Hall–Kier alpha value is -3.94. The van der Waals surface area contributed by atoms with E-state index in [0.717, 1.165) is 16.0 Å². The molecule has 0 radical (unpaired) electrons. The summed E-state index contributed by atoms with van der Waals surface area (Å²) in [7, 11) is 0. The number of carboxylic acids is 1. The van der Waals surface area contributed by atoms with Gasteiger partial charge in [-0.25, -0.2) is 14.5 Å². The summed E-state index contributed by atoms with van der Waals surface area (Å²) in [6.45, 7) is 5.18. The first-order chi connectivity index (χ1) is 14.2. The molecule has 1 saturated heterocycles. The minimum atomic E-state index is -1.10. The van der Waals surface area contributed by atoms with Crippen LogP contribution < -0.4 is 15.0 Å². The number of carbonyl (C=O) groups excluding carboxylic acids is 3. The topological polar surface area (TPSA) is 113 Å². The lowest BCUT2D eigenvalue weighted by atomic mass is 10.1. The molecule has 0 spiro atoms. The zero-order chi connectivity index (χ0) is 22.0. The molecular weight excluding hydrogens is 388 g/mol. The van der Waals surface area contributed by atoms with E-state index in [1.807, 2.05) is 13.8 Å². The van der Waals surface area contributed by atoms with Crippen LogP contribution in [0.3, 0.4) is 0 Å². The minimum Gasteiger partial charge on any atom is -0.479 e. The molecule has 1 unspecified atom stereocenters. The number of hydrogen-bond donors (Lipinski definition) is 2. The summed E-state index contributed by atoms with van der Waals surface area (Å²) in [4.78, 5) is 49.3. The first-order valence-corrected chi connectivity index (χ1v) is 9.15. The lowest BCUT2D eigenvalue weighted by Gasteiger charge is -2.26. The number of anilines is 1. The highest BCUT2D eigenvalue weighted by molar-refractivity contribution is 6.39. The van der Waals surface area contributed by atoms with Gasteiger partial charge in [0.25, 0.3) is 11.8 Å². The molecule has 8 nitrogen and oxygen atoms in total. The Morgan fingerprint density at radius 2 is 1.73 bits per heavy atom. The van der Waals surface area contributed by atoms with E-state index in [1.54, 1.807) is 30.3 Å². The fourth-order valence-corrected chi connectivity index (χ4v) is 2.82. The minimum absolute atomic E-state index is 0.194. The van der Waals surface area contributed by atoms with Crippen LogP contribution in [-0.4, -0.2) is 35.0 Å². The zero-order valence-electron chi connectivity index (χ0n) is 16.6. The van der Waals surface area contributed by atoms with Crippen molar-refractivity contribution in [1.82, 2.24) is 5.32 Å². The van der Waals surface area contributed by atoms with Gasteiger partial charge in [-0.15, -0.1) is 0 Å². The summed E-state index contributed by atoms with van der Waals surface area (Å²) in [6, 6.07) is 10.5. The number of ether oxygens (including phenoxy) is 1. The van der Waals surface area contributed by atoms with Crippen LogP contribution in [0.25, 0.3) is 6.08 Å². The van der Waals surface area contributed by atoms with Crippen LogP contribution in [-0.2, 0) is 14.4 Å². The molecule has 1 aliphatic heterocycles. The number of nitrogens with zero attached hydrogens (tertiary/aromatic N) is 1. The highest BCUT2D eigenvalue weighted by Crippen LogP contribution is 2.24. The van der Waals surface area contributed by atoms with E-state index < -0.39 is 29.9 Å². The Kier molecular flexibility index (Phi) is 5.68. The first-order valence-electron chi connectivity index (χ1n) is 9.15. The number of nitrogens with one attached hydrogen (secondary N) is 1. The van der Waals surface area contributed by atoms with Crippen LogP contribution in [0.5, 0.6) is 5.75 Å². The molecule has 154 valence electrons. The number of rotatable bonds is 5. The third-order valence-electron chi connectivity index (χ3n) is 4.70. The maximum atomic E-state index is 12.9. The van der Waals surface area contributed by atoms with Gasteiger partial charge in [0.1, 0.15) is 11.3 Å². The normalized spacial score (nSPS) is 16.4. The van der Waals surface area contributed by atoms with Crippen molar-refractivity contribution in [2.24, 2.45) is 0 Å². The van der Waals surface area contributed by atoms with E-state index in [-0.39, 0.29) is 5.57 Å². The molecule has 4 amide bonds. The number of amides is 4. The van der Waals surface area contributed by atoms with Crippen molar-refractivity contribution in [2.45, 2.75) is 26.9 Å². The van der Waals surface area contributed by atoms with Crippen LogP contribution in [0.1, 0.15) is 23.6 Å². The van der Waals surface area contributed by atoms with Crippen molar-refractivity contribution < 1.29 is 29.0 Å². The number of hydrogen-bond acceptors (Lipinski definition) is 5. The lowest BCUT2D eigenvalue weighted by molar-refractivity contribution is -0.144. The van der Waals surface area contributed by atoms with Crippen molar-refractivity contribution in [3.63, 3.8) is 0 Å². The number of aryl methyl sites for hydroxylation is 2. The second kappa shape index (κ2) is 8.20. The summed E-state index contributed by atoms with van der Waals surface area (Å²) in [5.41, 5.74) is 2.60. The Morgan fingerprint density at radius 1 is 1.07 bits per heavy atom. The SMILES string of the molecule is Cc1ccc(N2C(=O)NC(=O)C(=Cc3ccc(OC(C)C(=O)O)cc3)C2=O)cc1C. The van der Waals surface area contributed by atoms with Crippen LogP contribution in [0, 0.1) is 13.8 Å². The van der Waals surface area contributed by atoms with Crippen molar-refractivity contribution in [1.29, 1.82) is 0 Å². The molecular formula is C22H20N2O6. The molecule has 2 aromatic rings. The lowest BCUT2D eigenvalue weighted by Crippen LogP contribution is -2.54. The van der Waals surface area contributed by atoms with Crippen molar-refractivity contribution >= 4 is 35.6 Å². The monoisotopic (exact) mass is 408 g/mol. The average molecular weight is 408 g/mol. The van der Waals surface area contributed by atoms with Crippen molar-refractivity contribution in [3.05, 3.63) is 64.7 Å². The van der Waals surface area contributed by atoms with Crippen LogP contribution >= 0.6 is 0 Å². The zero-order valence-corrected chi connectivity index (χ0v) is 16.6. The van der Waals surface area contributed by atoms with Crippen LogP contribution in [0.15, 0.2) is 48.0 Å². The van der Waals surface area contributed by atoms with E-state index >= 15 is 0 Å². The molecule has 0 aliphatic carbocycles. The van der Waals surface area contributed by atoms with Gasteiger partial charge in [-0.05, 0) is 67.8 Å². The highest BCUT2D eigenvalue weighted by Gasteiger charge is 2.36. The van der Waals surface area contributed by atoms with Gasteiger partial charge in [0.05, 0.1) is 5.69 Å². The predicted molar refractivity (Wildman–Crippen MR) is 109 cm³/mol. The Bertz CT molecular complexity index is 1070. The molecule has 1 atom stereocenters. The Labute approximate surface area is 172 Å². The van der Waals surface area contributed by atoms with Gasteiger partial charge in [-0.2, -0.15) is 0 Å². The fraction of sp³-hybridized carbons (Fsp3) is 0.182. The maximum Gasteiger partial charge on any atom is 0.344 e. The molecule has 0 aromatic heterocycles. The second-order valence-electron chi connectivity index (χ2n) is 6.89. The summed E-state index contributed by atoms with van der Waals surface area (Å²) < 4.78 is 5.25. The molecule has 8 heteroatoms. The molecule has 2 aromatic carbocycles. The number of carboxylic acid groups (broad SMARTS) is 1. The predicted octanol–water partition coefficient (Wildman–Crippen LogP) is 2.82. The molecule has 1 aliphatic rings. The van der Waals surface area contributed by atoms with Crippen molar-refractivity contribution in [3.8, 4) is 5.75 Å². The standard InChI is InChI=1S/C22H20N2O6/c1-12-4-7-16(10-13(12)2)24-20(26)18(19(25)23-22(24)29)11-15-5-8-17(9-6-15)30-14(3)21(27)28/h4-11,14H,1-3H3,(H,27,28)(H,23,25,29). The summed E-state index contributed by atoms with van der Waals surface area (Å²) in [5, 5.41) is 11.1. The summed E-state index contributed by atoms with van der Waals surface area (Å²) in [6.07, 6.45) is 0.347. The molecule has 1 fully saturated rings. The molecule has 0 bridgehead atoms. The molecule has 30 heavy (non-hydrogen) atoms. The molecule has 1 heterocycles. The van der Waals surface area contributed by atoms with Gasteiger partial charge in [0, 0.05) is 0 Å². The Morgan fingerprint density at radius 3 is 2.33 bits per heavy atom. The van der Waals surface area contributed by atoms with Gasteiger partial charge >= 0.3 is 12.0 Å². The largest absolute Gasteiger partial charge is 0.479 e. The van der Waals surface area contributed by atoms with E-state index in [4.69, 9.17) is 9.84 Å². The average Bonchev–Trinajstić information content (AvgIpc) is 2.69. The highest BCUT2D eigenvalue weighted by atomic mass is 16.5. The Balaban J connectivity index is 1.88. The van der Waals surface area contributed by atoms with Gasteiger partial charge in [0.2, 0.25) is 0 Å². The van der Waals surface area contributed by atoms with E-state index in [9.17, 15) is 19.2 Å². The van der Waals surface area contributed by atoms with Gasteiger partial charge in [0.15, 0.2) is 6.10 Å². The van der Waals surface area contributed by atoms with Gasteiger partial charge in [-0.1, -0.05) is 18.2 Å². The smallest absolute Gasteiger partial charge is 0.344 e. The van der Waals surface area contributed by atoms with Crippen LogP contribution in [0.2, 0.25) is 0 Å². The molecule has 0 saturated carbocycles. The third kappa shape index (κ3) is 4.22. The molecule has 3 rings (SSSR count). The quantitative estimate of drug-likeness (QED) is 0.581. The van der Waals surface area contributed by atoms with Crippen LogP contribution in [0.4, 0.5) is 10.5 Å². The summed E-state index contributed by atoms with van der Waals surface area (Å²) >= 11 is 0. The second-order valence-corrected chi connectivity index (χ2v) is 6.89. The number of benzene rings is 2. The van der Waals surface area contributed by atoms with E-state index in [0.29, 0.717) is 17.0 Å². The number of aliphatic carboxylic acids is 1. The summed E-state index contributed by atoms with van der Waals surface area (Å²) in [5.74, 6) is -2.28. The van der Waals surface area contributed by atoms with Gasteiger partial charge < -0.3 is 9.84 Å². The maximum absolute atomic E-state index is 12.9. The number of urea groups is 1. The number of carbonyl (C=O) groups is 4. The van der Waals surface area contributed by atoms with E-state index in [1.165, 1.54) is 25.1 Å². The number of barbiturate groups is 1. The van der Waals surface area contributed by atoms with Crippen molar-refractivity contribution in [2.75, 3.05) is 4.90 Å². The van der Waals surface area contributed by atoms with E-state index in [2.05, 4.69) is 5.32 Å². The first kappa shape index (κ1) is 20.8. The number of imide groups is 2. The molecule has 2 N–H and O–H groups in total. The third-order valence-corrected chi connectivity index (χ3v) is 4.70.